The Morgan fingerprint density at radius 2 is 2.20 bits per heavy atom. The van der Waals surface area contributed by atoms with Gasteiger partial charge in [-0.05, 0) is 13.0 Å². The number of carbonyl (C=O) groups is 1. The van der Waals surface area contributed by atoms with E-state index in [1.54, 1.807) is 12.1 Å². The van der Waals surface area contributed by atoms with E-state index in [1.165, 1.54) is 0 Å². The van der Waals surface area contributed by atoms with Crippen molar-refractivity contribution in [1.29, 1.82) is 0 Å². The van der Waals surface area contributed by atoms with E-state index in [-0.39, 0.29) is 17.7 Å². The SMILES string of the molecule is CC(CC(N)=O)NCc1ccccc1O. The summed E-state index contributed by atoms with van der Waals surface area (Å²) in [6.07, 6.45) is 0.299. The molecule has 0 aliphatic carbocycles. The van der Waals surface area contributed by atoms with Gasteiger partial charge >= 0.3 is 0 Å². The summed E-state index contributed by atoms with van der Waals surface area (Å²) in [7, 11) is 0. The second-order valence-corrected chi connectivity index (χ2v) is 3.58. The molecule has 1 rings (SSSR count). The van der Waals surface area contributed by atoms with Crippen molar-refractivity contribution in [1.82, 2.24) is 5.32 Å². The van der Waals surface area contributed by atoms with Gasteiger partial charge < -0.3 is 16.2 Å². The van der Waals surface area contributed by atoms with Crippen LogP contribution in [-0.4, -0.2) is 17.1 Å². The molecule has 1 aromatic carbocycles. The summed E-state index contributed by atoms with van der Waals surface area (Å²) in [6.45, 7) is 2.41. The van der Waals surface area contributed by atoms with Crippen LogP contribution in [0.2, 0.25) is 0 Å². The predicted octanol–water partition coefficient (Wildman–Crippen LogP) is 0.746. The summed E-state index contributed by atoms with van der Waals surface area (Å²) in [5, 5.41) is 12.6. The standard InChI is InChI=1S/C11H16N2O2/c1-8(6-11(12)15)13-7-9-4-2-3-5-10(9)14/h2-5,8,13-14H,6-7H2,1H3,(H2,12,15). The van der Waals surface area contributed by atoms with Crippen molar-refractivity contribution < 1.29 is 9.90 Å². The molecule has 15 heavy (non-hydrogen) atoms. The molecule has 0 fully saturated rings. The first-order valence-corrected chi connectivity index (χ1v) is 4.88. The predicted molar refractivity (Wildman–Crippen MR) is 58.2 cm³/mol. The van der Waals surface area contributed by atoms with E-state index in [9.17, 15) is 9.90 Å². The van der Waals surface area contributed by atoms with Gasteiger partial charge in [0.2, 0.25) is 5.91 Å². The molecule has 4 N–H and O–H groups in total. The highest BCUT2D eigenvalue weighted by molar-refractivity contribution is 5.74. The van der Waals surface area contributed by atoms with Crippen LogP contribution in [-0.2, 0) is 11.3 Å². The zero-order chi connectivity index (χ0) is 11.3. The van der Waals surface area contributed by atoms with Crippen LogP contribution in [0.5, 0.6) is 5.75 Å². The lowest BCUT2D eigenvalue weighted by Gasteiger charge is -2.12. The average molecular weight is 208 g/mol. The summed E-state index contributed by atoms with van der Waals surface area (Å²) < 4.78 is 0. The van der Waals surface area contributed by atoms with Crippen LogP contribution in [0.4, 0.5) is 0 Å². The van der Waals surface area contributed by atoms with Crippen LogP contribution in [0.15, 0.2) is 24.3 Å². The summed E-state index contributed by atoms with van der Waals surface area (Å²) in [4.78, 5) is 10.6. The zero-order valence-electron chi connectivity index (χ0n) is 8.73. The van der Waals surface area contributed by atoms with Crippen molar-refractivity contribution in [2.75, 3.05) is 0 Å². The van der Waals surface area contributed by atoms with E-state index in [1.807, 2.05) is 19.1 Å². The van der Waals surface area contributed by atoms with Gasteiger partial charge in [0.1, 0.15) is 5.75 Å². The molecule has 1 unspecified atom stereocenters. The lowest BCUT2D eigenvalue weighted by Crippen LogP contribution is -2.30. The molecule has 0 aromatic heterocycles. The summed E-state index contributed by atoms with van der Waals surface area (Å²) in [6, 6.07) is 7.11. The van der Waals surface area contributed by atoms with E-state index < -0.39 is 0 Å². The number of hydrogen-bond acceptors (Lipinski definition) is 3. The minimum Gasteiger partial charge on any atom is -0.508 e. The Labute approximate surface area is 89.1 Å². The molecule has 0 aliphatic heterocycles. The van der Waals surface area contributed by atoms with E-state index in [4.69, 9.17) is 5.73 Å². The molecule has 1 aromatic rings. The summed E-state index contributed by atoms with van der Waals surface area (Å²) >= 11 is 0. The van der Waals surface area contributed by atoms with E-state index in [0.717, 1.165) is 5.56 Å². The number of phenolic OH excluding ortho intramolecular Hbond substituents is 1. The topological polar surface area (TPSA) is 75.4 Å². The van der Waals surface area contributed by atoms with Gasteiger partial charge in [0.15, 0.2) is 0 Å². The Morgan fingerprint density at radius 3 is 2.80 bits per heavy atom. The quantitative estimate of drug-likeness (QED) is 0.668. The van der Waals surface area contributed by atoms with Gasteiger partial charge in [-0.2, -0.15) is 0 Å². The maximum atomic E-state index is 10.6. The van der Waals surface area contributed by atoms with Crippen LogP contribution in [0.3, 0.4) is 0 Å². The number of phenols is 1. The first-order valence-electron chi connectivity index (χ1n) is 4.88. The third kappa shape index (κ3) is 3.99. The molecular weight excluding hydrogens is 192 g/mol. The van der Waals surface area contributed by atoms with Crippen molar-refractivity contribution in [3.8, 4) is 5.75 Å². The second kappa shape index (κ2) is 5.36. The molecular formula is C11H16N2O2. The first-order chi connectivity index (χ1) is 7.09. The molecule has 0 saturated carbocycles. The van der Waals surface area contributed by atoms with Gasteiger partial charge in [0.05, 0.1) is 0 Å². The minimum atomic E-state index is -0.327. The van der Waals surface area contributed by atoms with Crippen molar-refractivity contribution in [2.45, 2.75) is 25.9 Å². The summed E-state index contributed by atoms with van der Waals surface area (Å²) in [5.74, 6) is -0.0661. The zero-order valence-corrected chi connectivity index (χ0v) is 8.73. The van der Waals surface area contributed by atoms with Crippen molar-refractivity contribution in [3.63, 3.8) is 0 Å². The van der Waals surface area contributed by atoms with Crippen LogP contribution in [0.25, 0.3) is 0 Å². The molecule has 4 heteroatoms. The molecule has 1 amide bonds. The number of nitrogens with one attached hydrogen (secondary N) is 1. The van der Waals surface area contributed by atoms with Crippen LogP contribution in [0.1, 0.15) is 18.9 Å². The Balaban J connectivity index is 2.43. The van der Waals surface area contributed by atoms with Crippen molar-refractivity contribution in [2.24, 2.45) is 5.73 Å². The first kappa shape index (κ1) is 11.5. The van der Waals surface area contributed by atoms with Crippen LogP contribution < -0.4 is 11.1 Å². The molecule has 0 radical (unpaired) electrons. The lowest BCUT2D eigenvalue weighted by molar-refractivity contribution is -0.118. The largest absolute Gasteiger partial charge is 0.508 e. The van der Waals surface area contributed by atoms with E-state index in [2.05, 4.69) is 5.32 Å². The molecule has 82 valence electrons. The van der Waals surface area contributed by atoms with Crippen molar-refractivity contribution in [3.05, 3.63) is 29.8 Å². The van der Waals surface area contributed by atoms with Gasteiger partial charge in [-0.25, -0.2) is 0 Å². The fourth-order valence-corrected chi connectivity index (χ4v) is 1.32. The molecule has 0 spiro atoms. The number of rotatable bonds is 5. The molecule has 0 heterocycles. The number of primary amides is 1. The second-order valence-electron chi connectivity index (χ2n) is 3.58. The van der Waals surface area contributed by atoms with Crippen molar-refractivity contribution >= 4 is 5.91 Å². The number of para-hydroxylation sites is 1. The molecule has 1 atom stereocenters. The average Bonchev–Trinajstić information content (AvgIpc) is 2.15. The van der Waals surface area contributed by atoms with E-state index >= 15 is 0 Å². The highest BCUT2D eigenvalue weighted by Crippen LogP contribution is 2.15. The third-order valence-corrected chi connectivity index (χ3v) is 2.14. The summed E-state index contributed by atoms with van der Waals surface area (Å²) in [5.41, 5.74) is 5.88. The fourth-order valence-electron chi connectivity index (χ4n) is 1.32. The Kier molecular flexibility index (Phi) is 4.12. The van der Waals surface area contributed by atoms with Crippen LogP contribution >= 0.6 is 0 Å². The smallest absolute Gasteiger partial charge is 0.218 e. The molecule has 0 saturated heterocycles. The minimum absolute atomic E-state index is 0.0158. The van der Waals surface area contributed by atoms with Gasteiger partial charge in [0, 0.05) is 24.6 Å². The molecule has 4 nitrogen and oxygen atoms in total. The Bertz CT molecular complexity index is 339. The van der Waals surface area contributed by atoms with Gasteiger partial charge in [-0.3, -0.25) is 4.79 Å². The molecule has 0 bridgehead atoms. The number of carbonyl (C=O) groups excluding carboxylic acids is 1. The number of amides is 1. The van der Waals surface area contributed by atoms with Gasteiger partial charge in [-0.15, -0.1) is 0 Å². The lowest BCUT2D eigenvalue weighted by atomic mass is 10.1. The maximum absolute atomic E-state index is 10.6. The Morgan fingerprint density at radius 1 is 1.53 bits per heavy atom. The van der Waals surface area contributed by atoms with E-state index in [0.29, 0.717) is 13.0 Å². The number of benzene rings is 1. The van der Waals surface area contributed by atoms with Gasteiger partial charge in [0.25, 0.3) is 0 Å². The number of nitrogens with two attached hydrogens (primary N) is 1. The normalized spacial score (nSPS) is 12.3. The number of hydrogen-bond donors (Lipinski definition) is 3. The monoisotopic (exact) mass is 208 g/mol. The highest BCUT2D eigenvalue weighted by Gasteiger charge is 2.06. The van der Waals surface area contributed by atoms with Crippen LogP contribution in [0, 0.1) is 0 Å². The molecule has 0 aliphatic rings. The highest BCUT2D eigenvalue weighted by atomic mass is 16.3. The Hall–Kier alpha value is -1.55. The van der Waals surface area contributed by atoms with Gasteiger partial charge in [-0.1, -0.05) is 18.2 Å². The fraction of sp³-hybridized carbons (Fsp3) is 0.364. The maximum Gasteiger partial charge on any atom is 0.218 e. The third-order valence-electron chi connectivity index (χ3n) is 2.14. The number of aromatic hydroxyl groups is 1.